The Morgan fingerprint density at radius 1 is 1.24 bits per heavy atom. The predicted octanol–water partition coefficient (Wildman–Crippen LogP) is 1.64. The lowest BCUT2D eigenvalue weighted by molar-refractivity contribution is -0.121. The molecule has 0 heterocycles. The summed E-state index contributed by atoms with van der Waals surface area (Å²) >= 11 is 0. The van der Waals surface area contributed by atoms with Crippen LogP contribution in [0, 0.1) is 0 Å². The number of nitrogens with one attached hydrogen (secondary N) is 1. The average Bonchev–Trinajstić information content (AvgIpc) is 2.32. The van der Waals surface area contributed by atoms with Crippen molar-refractivity contribution >= 4 is 11.6 Å². The first-order valence-electron chi connectivity index (χ1n) is 5.21. The third-order valence-electron chi connectivity index (χ3n) is 2.09. The van der Waals surface area contributed by atoms with Crippen molar-refractivity contribution in [3.8, 4) is 5.75 Å². The second kappa shape index (κ2) is 6.88. The Kier molecular flexibility index (Phi) is 5.45. The highest BCUT2D eigenvalue weighted by Gasteiger charge is 2.05. The summed E-state index contributed by atoms with van der Waals surface area (Å²) in [6.45, 7) is 1.78. The lowest BCUT2D eigenvalue weighted by Crippen LogP contribution is -2.21. The fourth-order valence-electron chi connectivity index (χ4n) is 1.23. The van der Waals surface area contributed by atoms with Crippen LogP contribution in [0.1, 0.15) is 6.92 Å². The van der Waals surface area contributed by atoms with Crippen LogP contribution in [-0.4, -0.2) is 33.0 Å². The Labute approximate surface area is 101 Å². The van der Waals surface area contributed by atoms with Gasteiger partial charge in [-0.2, -0.15) is 0 Å². The third-order valence-corrected chi connectivity index (χ3v) is 2.09. The second-order valence-corrected chi connectivity index (χ2v) is 3.42. The van der Waals surface area contributed by atoms with Crippen LogP contribution in [0.3, 0.4) is 0 Å². The van der Waals surface area contributed by atoms with Crippen LogP contribution >= 0.6 is 0 Å². The number of methoxy groups -OCH3 is 2. The number of amides is 1. The molecule has 5 heteroatoms. The molecular formula is C12H17NO4. The smallest absolute Gasteiger partial charge is 0.221 e. The number of carbonyl (C=O) groups is 1. The first kappa shape index (κ1) is 13.5. The van der Waals surface area contributed by atoms with Gasteiger partial charge in [-0.25, -0.2) is 0 Å². The highest BCUT2D eigenvalue weighted by molar-refractivity contribution is 5.88. The molecule has 1 rings (SSSR count). The molecule has 0 radical (unpaired) electrons. The van der Waals surface area contributed by atoms with Crippen LogP contribution in [0.15, 0.2) is 24.3 Å². The molecule has 1 aromatic rings. The molecule has 0 fully saturated rings. The van der Waals surface area contributed by atoms with Gasteiger partial charge in [0.15, 0.2) is 6.29 Å². The van der Waals surface area contributed by atoms with Gasteiger partial charge in [-0.3, -0.25) is 4.79 Å². The van der Waals surface area contributed by atoms with E-state index in [9.17, 15) is 4.79 Å². The van der Waals surface area contributed by atoms with Crippen LogP contribution in [0.25, 0.3) is 0 Å². The van der Waals surface area contributed by atoms with Crippen molar-refractivity contribution in [2.75, 3.05) is 26.1 Å². The zero-order chi connectivity index (χ0) is 12.7. The van der Waals surface area contributed by atoms with E-state index in [1.54, 1.807) is 38.5 Å². The summed E-state index contributed by atoms with van der Waals surface area (Å²) in [4.78, 5) is 10.8. The maximum atomic E-state index is 10.8. The van der Waals surface area contributed by atoms with Gasteiger partial charge in [-0.05, 0) is 24.3 Å². The van der Waals surface area contributed by atoms with Crippen molar-refractivity contribution in [1.82, 2.24) is 0 Å². The van der Waals surface area contributed by atoms with Crippen LogP contribution in [0.4, 0.5) is 5.69 Å². The predicted molar refractivity (Wildman–Crippen MR) is 64.0 cm³/mol. The standard InChI is InChI=1S/C12H17NO4/c1-9(14)13-10-4-6-11(7-5-10)17-8-12(15-2)16-3/h4-7,12H,8H2,1-3H3,(H,13,14). The molecule has 1 aromatic carbocycles. The van der Waals surface area contributed by atoms with E-state index in [1.165, 1.54) is 6.92 Å². The molecule has 1 amide bonds. The van der Waals surface area contributed by atoms with Crippen molar-refractivity contribution in [2.24, 2.45) is 0 Å². The minimum Gasteiger partial charge on any atom is -0.488 e. The summed E-state index contributed by atoms with van der Waals surface area (Å²) in [6.07, 6.45) is -0.384. The van der Waals surface area contributed by atoms with Gasteiger partial charge in [0.2, 0.25) is 5.91 Å². The van der Waals surface area contributed by atoms with E-state index in [-0.39, 0.29) is 12.2 Å². The van der Waals surface area contributed by atoms with E-state index in [2.05, 4.69) is 5.32 Å². The molecule has 0 saturated heterocycles. The minimum absolute atomic E-state index is 0.0995. The summed E-state index contributed by atoms with van der Waals surface area (Å²) in [5.74, 6) is 0.593. The molecule has 0 saturated carbocycles. The maximum absolute atomic E-state index is 10.8. The van der Waals surface area contributed by atoms with E-state index >= 15 is 0 Å². The number of carbonyl (C=O) groups excluding carboxylic acids is 1. The van der Waals surface area contributed by atoms with E-state index < -0.39 is 0 Å². The van der Waals surface area contributed by atoms with Gasteiger partial charge in [0.25, 0.3) is 0 Å². The summed E-state index contributed by atoms with van der Waals surface area (Å²) in [7, 11) is 3.11. The minimum atomic E-state index is -0.384. The highest BCUT2D eigenvalue weighted by atomic mass is 16.7. The molecule has 0 aliphatic rings. The Morgan fingerprint density at radius 3 is 2.29 bits per heavy atom. The van der Waals surface area contributed by atoms with Crippen LogP contribution in [-0.2, 0) is 14.3 Å². The number of hydrogen-bond acceptors (Lipinski definition) is 4. The molecule has 0 aliphatic carbocycles. The first-order chi connectivity index (χ1) is 8.15. The number of rotatable bonds is 6. The molecule has 0 bridgehead atoms. The van der Waals surface area contributed by atoms with E-state index in [0.717, 1.165) is 5.69 Å². The molecule has 17 heavy (non-hydrogen) atoms. The Morgan fingerprint density at radius 2 is 1.82 bits per heavy atom. The van der Waals surface area contributed by atoms with Gasteiger partial charge < -0.3 is 19.5 Å². The summed E-state index contributed by atoms with van der Waals surface area (Å²) < 4.78 is 15.4. The fourth-order valence-corrected chi connectivity index (χ4v) is 1.23. The monoisotopic (exact) mass is 239 g/mol. The normalized spacial score (nSPS) is 10.4. The number of ether oxygens (including phenoxy) is 3. The molecule has 0 spiro atoms. The molecule has 0 atom stereocenters. The Hall–Kier alpha value is -1.59. The van der Waals surface area contributed by atoms with Gasteiger partial charge in [-0.1, -0.05) is 0 Å². The van der Waals surface area contributed by atoms with Crippen molar-refractivity contribution in [2.45, 2.75) is 13.2 Å². The summed E-state index contributed by atoms with van der Waals surface area (Å²) in [5.41, 5.74) is 0.736. The second-order valence-electron chi connectivity index (χ2n) is 3.42. The topological polar surface area (TPSA) is 56.8 Å². The number of benzene rings is 1. The van der Waals surface area contributed by atoms with E-state index in [1.807, 2.05) is 0 Å². The zero-order valence-electron chi connectivity index (χ0n) is 10.2. The molecule has 5 nitrogen and oxygen atoms in total. The van der Waals surface area contributed by atoms with Crippen LogP contribution in [0.2, 0.25) is 0 Å². The quantitative estimate of drug-likeness (QED) is 0.767. The fraction of sp³-hybridized carbons (Fsp3) is 0.417. The van der Waals surface area contributed by atoms with Gasteiger partial charge in [0.1, 0.15) is 12.4 Å². The van der Waals surface area contributed by atoms with Crippen molar-refractivity contribution < 1.29 is 19.0 Å². The lowest BCUT2D eigenvalue weighted by Gasteiger charge is -2.14. The van der Waals surface area contributed by atoms with Crippen LogP contribution < -0.4 is 10.1 Å². The largest absolute Gasteiger partial charge is 0.488 e. The van der Waals surface area contributed by atoms with Gasteiger partial charge >= 0.3 is 0 Å². The third kappa shape index (κ3) is 4.84. The maximum Gasteiger partial charge on any atom is 0.221 e. The molecule has 0 aromatic heterocycles. The first-order valence-corrected chi connectivity index (χ1v) is 5.21. The van der Waals surface area contributed by atoms with E-state index in [0.29, 0.717) is 12.4 Å². The molecule has 0 unspecified atom stereocenters. The molecule has 1 N–H and O–H groups in total. The zero-order valence-corrected chi connectivity index (χ0v) is 10.2. The van der Waals surface area contributed by atoms with Gasteiger partial charge in [0, 0.05) is 26.8 Å². The Balaban J connectivity index is 2.47. The molecule has 94 valence electrons. The summed E-state index contributed by atoms with van der Waals surface area (Å²) in [6, 6.07) is 7.08. The molecular weight excluding hydrogens is 222 g/mol. The van der Waals surface area contributed by atoms with Crippen molar-refractivity contribution in [1.29, 1.82) is 0 Å². The number of anilines is 1. The van der Waals surface area contributed by atoms with Gasteiger partial charge in [0.05, 0.1) is 0 Å². The Bertz CT molecular complexity index is 346. The van der Waals surface area contributed by atoms with E-state index in [4.69, 9.17) is 14.2 Å². The van der Waals surface area contributed by atoms with Crippen molar-refractivity contribution in [3.05, 3.63) is 24.3 Å². The summed E-state index contributed by atoms with van der Waals surface area (Å²) in [5, 5.41) is 2.68. The molecule has 0 aliphatic heterocycles. The highest BCUT2D eigenvalue weighted by Crippen LogP contribution is 2.16. The lowest BCUT2D eigenvalue weighted by atomic mass is 10.3. The van der Waals surface area contributed by atoms with Crippen LogP contribution in [0.5, 0.6) is 5.75 Å². The van der Waals surface area contributed by atoms with Crippen molar-refractivity contribution in [3.63, 3.8) is 0 Å². The average molecular weight is 239 g/mol. The van der Waals surface area contributed by atoms with Gasteiger partial charge in [-0.15, -0.1) is 0 Å². The number of hydrogen-bond donors (Lipinski definition) is 1. The SMILES string of the molecule is COC(COc1ccc(NC(C)=O)cc1)OC.